The topological polar surface area (TPSA) is 66.5 Å². The number of phenolic OH excluding ortho intramolecular Hbond substituents is 1. The Hall–Kier alpha value is -0.770. The Balaban J connectivity index is 3.15. The van der Waals surface area contributed by atoms with Crippen LogP contribution in [0.15, 0.2) is 12.1 Å². The first-order valence-corrected chi connectivity index (χ1v) is 4.29. The highest BCUT2D eigenvalue weighted by Crippen LogP contribution is 2.28. The van der Waals surface area contributed by atoms with Gasteiger partial charge >= 0.3 is 0 Å². The summed E-state index contributed by atoms with van der Waals surface area (Å²) in [6.07, 6.45) is 0. The molecule has 0 saturated carbocycles. The number of halogens is 1. The maximum atomic E-state index is 9.47. The van der Waals surface area contributed by atoms with Gasteiger partial charge < -0.3 is 15.9 Å². The van der Waals surface area contributed by atoms with Gasteiger partial charge in [-0.25, -0.2) is 0 Å². The molecule has 0 aromatic heterocycles. The molecule has 0 aliphatic heterocycles. The molecule has 0 spiro atoms. The third kappa shape index (κ3) is 2.12. The van der Waals surface area contributed by atoms with Gasteiger partial charge in [0.05, 0.1) is 12.6 Å². The molecule has 4 N–H and O–H groups in total. The fraction of sp³-hybridized carbons (Fsp3) is 0.333. The van der Waals surface area contributed by atoms with E-state index in [0.29, 0.717) is 10.6 Å². The number of aliphatic hydroxyl groups excluding tert-OH is 1. The Morgan fingerprint density at radius 2 is 2.15 bits per heavy atom. The van der Waals surface area contributed by atoms with E-state index in [1.54, 1.807) is 13.0 Å². The van der Waals surface area contributed by atoms with Gasteiger partial charge in [0.25, 0.3) is 0 Å². The van der Waals surface area contributed by atoms with Gasteiger partial charge in [0.2, 0.25) is 0 Å². The first-order chi connectivity index (χ1) is 6.06. The fourth-order valence-electron chi connectivity index (χ4n) is 1.08. The number of rotatable bonds is 2. The lowest BCUT2D eigenvalue weighted by molar-refractivity contribution is 0.265. The summed E-state index contributed by atoms with van der Waals surface area (Å²) in [7, 11) is 0. The average molecular weight is 202 g/mol. The van der Waals surface area contributed by atoms with Crippen LogP contribution >= 0.6 is 11.6 Å². The molecule has 0 aliphatic carbocycles. The maximum absolute atomic E-state index is 9.47. The molecule has 1 aromatic carbocycles. The van der Waals surface area contributed by atoms with Crippen molar-refractivity contribution in [2.45, 2.75) is 13.0 Å². The molecule has 0 aliphatic rings. The standard InChI is InChI=1S/C9H12ClNO2/c1-5-2-9(13)6(3-7(5)10)8(11)4-12/h2-3,8,12-13H,4,11H2,1H3/t8-/m1/s1. The van der Waals surface area contributed by atoms with Crippen LogP contribution in [0.2, 0.25) is 5.02 Å². The van der Waals surface area contributed by atoms with Crippen molar-refractivity contribution in [1.82, 2.24) is 0 Å². The van der Waals surface area contributed by atoms with E-state index in [1.165, 1.54) is 6.07 Å². The van der Waals surface area contributed by atoms with Crippen LogP contribution in [0, 0.1) is 6.92 Å². The van der Waals surface area contributed by atoms with E-state index >= 15 is 0 Å². The van der Waals surface area contributed by atoms with Gasteiger partial charge in [0.1, 0.15) is 5.75 Å². The van der Waals surface area contributed by atoms with Gasteiger partial charge in [-0.3, -0.25) is 0 Å². The van der Waals surface area contributed by atoms with Crippen molar-refractivity contribution in [3.8, 4) is 5.75 Å². The van der Waals surface area contributed by atoms with Crippen LogP contribution in [0.4, 0.5) is 0 Å². The highest BCUT2D eigenvalue weighted by Gasteiger charge is 2.11. The van der Waals surface area contributed by atoms with E-state index in [4.69, 9.17) is 22.4 Å². The number of aryl methyl sites for hydroxylation is 1. The molecule has 0 unspecified atom stereocenters. The monoisotopic (exact) mass is 201 g/mol. The summed E-state index contributed by atoms with van der Waals surface area (Å²) in [5.41, 5.74) is 6.80. The molecule has 3 nitrogen and oxygen atoms in total. The average Bonchev–Trinajstić information content (AvgIpc) is 2.10. The second-order valence-corrected chi connectivity index (χ2v) is 3.36. The van der Waals surface area contributed by atoms with Crippen LogP contribution in [0.1, 0.15) is 17.2 Å². The molecule has 1 aromatic rings. The molecule has 13 heavy (non-hydrogen) atoms. The van der Waals surface area contributed by atoms with Gasteiger partial charge in [-0.2, -0.15) is 0 Å². The molecule has 1 atom stereocenters. The third-order valence-corrected chi connectivity index (χ3v) is 2.31. The van der Waals surface area contributed by atoms with E-state index in [0.717, 1.165) is 5.56 Å². The van der Waals surface area contributed by atoms with Crippen molar-refractivity contribution in [2.75, 3.05) is 6.61 Å². The highest BCUT2D eigenvalue weighted by molar-refractivity contribution is 6.31. The fourth-order valence-corrected chi connectivity index (χ4v) is 1.25. The molecular formula is C9H12ClNO2. The lowest BCUT2D eigenvalue weighted by Crippen LogP contribution is -2.14. The van der Waals surface area contributed by atoms with Crippen molar-refractivity contribution in [3.63, 3.8) is 0 Å². The number of benzene rings is 1. The van der Waals surface area contributed by atoms with Crippen molar-refractivity contribution in [1.29, 1.82) is 0 Å². The van der Waals surface area contributed by atoms with E-state index < -0.39 is 6.04 Å². The van der Waals surface area contributed by atoms with E-state index in [1.807, 2.05) is 0 Å². The number of aliphatic hydroxyl groups is 1. The van der Waals surface area contributed by atoms with Crippen LogP contribution in [-0.2, 0) is 0 Å². The lowest BCUT2D eigenvalue weighted by Gasteiger charge is -2.12. The molecule has 0 fully saturated rings. The van der Waals surface area contributed by atoms with Crippen LogP contribution in [-0.4, -0.2) is 16.8 Å². The van der Waals surface area contributed by atoms with Gasteiger partial charge in [0.15, 0.2) is 0 Å². The number of phenols is 1. The van der Waals surface area contributed by atoms with E-state index in [2.05, 4.69) is 0 Å². The SMILES string of the molecule is Cc1cc(O)c([C@H](N)CO)cc1Cl. The Bertz CT molecular complexity index is 315. The zero-order valence-corrected chi connectivity index (χ0v) is 8.04. The molecule has 0 heterocycles. The highest BCUT2D eigenvalue weighted by atomic mass is 35.5. The molecule has 72 valence electrons. The van der Waals surface area contributed by atoms with Crippen molar-refractivity contribution >= 4 is 11.6 Å². The summed E-state index contributed by atoms with van der Waals surface area (Å²) in [5.74, 6) is 0.0726. The Morgan fingerprint density at radius 1 is 1.54 bits per heavy atom. The number of hydrogen-bond acceptors (Lipinski definition) is 3. The minimum Gasteiger partial charge on any atom is -0.508 e. The smallest absolute Gasteiger partial charge is 0.120 e. The maximum Gasteiger partial charge on any atom is 0.120 e. The summed E-state index contributed by atoms with van der Waals surface area (Å²) in [5, 5.41) is 18.8. The Morgan fingerprint density at radius 3 is 2.69 bits per heavy atom. The lowest BCUT2D eigenvalue weighted by atomic mass is 10.1. The zero-order chi connectivity index (χ0) is 10.0. The predicted octanol–water partition coefficient (Wildman–Crippen LogP) is 1.35. The molecule has 0 saturated heterocycles. The molecule has 0 amide bonds. The van der Waals surface area contributed by atoms with Crippen LogP contribution < -0.4 is 5.73 Å². The first-order valence-electron chi connectivity index (χ1n) is 3.91. The minimum atomic E-state index is -0.585. The number of aromatic hydroxyl groups is 1. The second kappa shape index (κ2) is 3.96. The Labute approximate surface area is 81.8 Å². The largest absolute Gasteiger partial charge is 0.508 e. The third-order valence-electron chi connectivity index (χ3n) is 1.90. The van der Waals surface area contributed by atoms with Gasteiger partial charge in [-0.05, 0) is 24.6 Å². The quantitative estimate of drug-likeness (QED) is 0.677. The summed E-state index contributed by atoms with van der Waals surface area (Å²) in [4.78, 5) is 0. The van der Waals surface area contributed by atoms with Crippen molar-refractivity contribution in [2.24, 2.45) is 5.73 Å². The normalized spacial score (nSPS) is 12.9. The molecule has 0 bridgehead atoms. The van der Waals surface area contributed by atoms with E-state index in [-0.39, 0.29) is 12.4 Å². The summed E-state index contributed by atoms with van der Waals surface area (Å²) >= 11 is 5.84. The summed E-state index contributed by atoms with van der Waals surface area (Å²) in [6.45, 7) is 1.57. The van der Waals surface area contributed by atoms with Gasteiger partial charge in [-0.15, -0.1) is 0 Å². The predicted molar refractivity (Wildman–Crippen MR) is 51.9 cm³/mol. The van der Waals surface area contributed by atoms with Crippen molar-refractivity contribution < 1.29 is 10.2 Å². The second-order valence-electron chi connectivity index (χ2n) is 2.95. The zero-order valence-electron chi connectivity index (χ0n) is 7.29. The summed E-state index contributed by atoms with van der Waals surface area (Å²) in [6, 6.07) is 2.53. The van der Waals surface area contributed by atoms with Crippen LogP contribution in [0.3, 0.4) is 0 Å². The van der Waals surface area contributed by atoms with Crippen molar-refractivity contribution in [3.05, 3.63) is 28.3 Å². The number of hydrogen-bond donors (Lipinski definition) is 3. The van der Waals surface area contributed by atoms with E-state index in [9.17, 15) is 5.11 Å². The Kier molecular flexibility index (Phi) is 3.14. The number of nitrogens with two attached hydrogens (primary N) is 1. The molecule has 1 rings (SSSR count). The first kappa shape index (κ1) is 10.3. The van der Waals surface area contributed by atoms with Gasteiger partial charge in [-0.1, -0.05) is 11.6 Å². The van der Waals surface area contributed by atoms with Crippen LogP contribution in [0.25, 0.3) is 0 Å². The summed E-state index contributed by atoms with van der Waals surface area (Å²) < 4.78 is 0. The molecule has 0 radical (unpaired) electrons. The molecule has 4 heteroatoms. The van der Waals surface area contributed by atoms with Crippen LogP contribution in [0.5, 0.6) is 5.75 Å². The van der Waals surface area contributed by atoms with Gasteiger partial charge in [0, 0.05) is 10.6 Å². The minimum absolute atomic E-state index is 0.0726. The molecular weight excluding hydrogens is 190 g/mol.